The SMILES string of the molecule is CCCC(C)(C)CCC.CCCC(C)CCC. The van der Waals surface area contributed by atoms with E-state index in [9.17, 15) is 0 Å². The zero-order chi connectivity index (χ0) is 13.7. The summed E-state index contributed by atoms with van der Waals surface area (Å²) in [5, 5.41) is 0. The lowest BCUT2D eigenvalue weighted by Gasteiger charge is -2.22. The Morgan fingerprint density at radius 3 is 1.29 bits per heavy atom. The Balaban J connectivity index is 0. The standard InChI is InChI=1S/C9H20.C8H18/c1-5-7-9(3,4)8-6-2;1-4-6-8(3)7-5-2/h5-8H2,1-4H3;8H,4-7H2,1-3H3. The normalized spacial score (nSPS) is 11.3. The molecule has 0 aliphatic rings. The van der Waals surface area contributed by atoms with Gasteiger partial charge < -0.3 is 0 Å². The molecule has 0 saturated carbocycles. The monoisotopic (exact) mass is 242 g/mol. The van der Waals surface area contributed by atoms with Crippen molar-refractivity contribution in [1.82, 2.24) is 0 Å². The highest BCUT2D eigenvalue weighted by Gasteiger charge is 2.13. The van der Waals surface area contributed by atoms with E-state index in [4.69, 9.17) is 0 Å². The topological polar surface area (TPSA) is 0 Å². The molecule has 0 heteroatoms. The summed E-state index contributed by atoms with van der Waals surface area (Å²) in [7, 11) is 0. The van der Waals surface area contributed by atoms with Crippen molar-refractivity contribution in [2.45, 2.75) is 99.8 Å². The maximum Gasteiger partial charge on any atom is -0.0354 e. The van der Waals surface area contributed by atoms with Crippen LogP contribution in [-0.4, -0.2) is 0 Å². The van der Waals surface area contributed by atoms with E-state index in [1.54, 1.807) is 0 Å². The van der Waals surface area contributed by atoms with E-state index in [0.29, 0.717) is 5.41 Å². The van der Waals surface area contributed by atoms with Crippen LogP contribution in [0.2, 0.25) is 0 Å². The quantitative estimate of drug-likeness (QED) is 0.437. The molecule has 106 valence electrons. The van der Waals surface area contributed by atoms with Gasteiger partial charge in [-0.25, -0.2) is 0 Å². The number of hydrogen-bond donors (Lipinski definition) is 0. The Morgan fingerprint density at radius 2 is 1.06 bits per heavy atom. The Morgan fingerprint density at radius 1 is 0.706 bits per heavy atom. The van der Waals surface area contributed by atoms with Gasteiger partial charge in [-0.15, -0.1) is 0 Å². The fourth-order valence-electron chi connectivity index (χ4n) is 2.61. The number of rotatable bonds is 8. The van der Waals surface area contributed by atoms with Crippen LogP contribution >= 0.6 is 0 Å². The van der Waals surface area contributed by atoms with Crippen LogP contribution < -0.4 is 0 Å². The molecule has 0 aromatic heterocycles. The van der Waals surface area contributed by atoms with Crippen LogP contribution in [-0.2, 0) is 0 Å². The third-order valence-corrected chi connectivity index (χ3v) is 3.42. The van der Waals surface area contributed by atoms with Gasteiger partial charge in [0.2, 0.25) is 0 Å². The average Bonchev–Trinajstić information content (AvgIpc) is 2.18. The van der Waals surface area contributed by atoms with Crippen molar-refractivity contribution >= 4 is 0 Å². The zero-order valence-corrected chi connectivity index (χ0v) is 13.7. The van der Waals surface area contributed by atoms with E-state index < -0.39 is 0 Å². The average molecular weight is 242 g/mol. The third-order valence-electron chi connectivity index (χ3n) is 3.42. The largest absolute Gasteiger partial charge is 0.0654 e. The first-order valence-electron chi connectivity index (χ1n) is 7.93. The van der Waals surface area contributed by atoms with E-state index in [2.05, 4.69) is 48.5 Å². The van der Waals surface area contributed by atoms with Crippen LogP contribution in [0, 0.1) is 11.3 Å². The van der Waals surface area contributed by atoms with Crippen molar-refractivity contribution < 1.29 is 0 Å². The summed E-state index contributed by atoms with van der Waals surface area (Å²) < 4.78 is 0. The van der Waals surface area contributed by atoms with E-state index in [1.165, 1.54) is 51.4 Å². The summed E-state index contributed by atoms with van der Waals surface area (Å²) in [4.78, 5) is 0. The van der Waals surface area contributed by atoms with E-state index in [0.717, 1.165) is 5.92 Å². The summed E-state index contributed by atoms with van der Waals surface area (Å²) in [6.07, 6.45) is 10.9. The van der Waals surface area contributed by atoms with Crippen molar-refractivity contribution in [2.24, 2.45) is 11.3 Å². The molecular weight excluding hydrogens is 204 g/mol. The van der Waals surface area contributed by atoms with Gasteiger partial charge in [0.15, 0.2) is 0 Å². The first kappa shape index (κ1) is 19.3. The molecule has 0 fully saturated rings. The second kappa shape index (κ2) is 12.5. The van der Waals surface area contributed by atoms with Gasteiger partial charge in [-0.3, -0.25) is 0 Å². The Hall–Kier alpha value is 0. The summed E-state index contributed by atoms with van der Waals surface area (Å²) in [6.45, 7) is 16.1. The maximum atomic E-state index is 2.36. The second-order valence-electron chi connectivity index (χ2n) is 6.35. The first-order chi connectivity index (χ1) is 7.93. The second-order valence-corrected chi connectivity index (χ2v) is 6.35. The molecule has 0 amide bonds. The molecule has 0 aromatic carbocycles. The van der Waals surface area contributed by atoms with E-state index in [-0.39, 0.29) is 0 Å². The van der Waals surface area contributed by atoms with Crippen LogP contribution in [0.25, 0.3) is 0 Å². The molecule has 0 radical (unpaired) electrons. The molecule has 0 aliphatic carbocycles. The molecule has 0 aliphatic heterocycles. The highest BCUT2D eigenvalue weighted by molar-refractivity contribution is 4.66. The summed E-state index contributed by atoms with van der Waals surface area (Å²) >= 11 is 0. The molecule has 0 saturated heterocycles. The van der Waals surface area contributed by atoms with Gasteiger partial charge in [-0.2, -0.15) is 0 Å². The lowest BCUT2D eigenvalue weighted by Crippen LogP contribution is -2.09. The Bertz CT molecular complexity index is 121. The summed E-state index contributed by atoms with van der Waals surface area (Å²) in [5.74, 6) is 0.963. The molecule has 0 N–H and O–H groups in total. The first-order valence-corrected chi connectivity index (χ1v) is 7.93. The fraction of sp³-hybridized carbons (Fsp3) is 1.00. The van der Waals surface area contributed by atoms with E-state index in [1.807, 2.05) is 0 Å². The summed E-state index contributed by atoms with van der Waals surface area (Å²) in [6, 6.07) is 0. The van der Waals surface area contributed by atoms with Gasteiger partial charge in [-0.05, 0) is 24.2 Å². The Labute approximate surface area is 112 Å². The van der Waals surface area contributed by atoms with Crippen LogP contribution in [0.5, 0.6) is 0 Å². The minimum atomic E-state index is 0.601. The molecule has 17 heavy (non-hydrogen) atoms. The van der Waals surface area contributed by atoms with Gasteiger partial charge in [0, 0.05) is 0 Å². The van der Waals surface area contributed by atoms with Crippen molar-refractivity contribution in [1.29, 1.82) is 0 Å². The molecular formula is C17H38. The van der Waals surface area contributed by atoms with Gasteiger partial charge in [0.1, 0.15) is 0 Å². The molecule has 0 unspecified atom stereocenters. The van der Waals surface area contributed by atoms with Gasteiger partial charge in [-0.1, -0.05) is 87.0 Å². The van der Waals surface area contributed by atoms with Crippen LogP contribution in [0.4, 0.5) is 0 Å². The summed E-state index contributed by atoms with van der Waals surface area (Å²) in [5.41, 5.74) is 0.601. The zero-order valence-electron chi connectivity index (χ0n) is 13.7. The van der Waals surface area contributed by atoms with Crippen molar-refractivity contribution in [3.05, 3.63) is 0 Å². The van der Waals surface area contributed by atoms with Crippen LogP contribution in [0.1, 0.15) is 99.8 Å². The highest BCUT2D eigenvalue weighted by Crippen LogP contribution is 2.27. The minimum absolute atomic E-state index is 0.601. The molecule has 0 spiro atoms. The van der Waals surface area contributed by atoms with Crippen molar-refractivity contribution in [3.63, 3.8) is 0 Å². The van der Waals surface area contributed by atoms with Crippen molar-refractivity contribution in [2.75, 3.05) is 0 Å². The van der Waals surface area contributed by atoms with Gasteiger partial charge >= 0.3 is 0 Å². The molecule has 0 atom stereocenters. The predicted molar refractivity (Wildman–Crippen MR) is 82.6 cm³/mol. The van der Waals surface area contributed by atoms with Gasteiger partial charge in [0.25, 0.3) is 0 Å². The Kier molecular flexibility index (Phi) is 14.2. The lowest BCUT2D eigenvalue weighted by atomic mass is 9.84. The van der Waals surface area contributed by atoms with Gasteiger partial charge in [0.05, 0.1) is 0 Å². The molecule has 0 nitrogen and oxygen atoms in total. The fourth-order valence-corrected chi connectivity index (χ4v) is 2.61. The van der Waals surface area contributed by atoms with Crippen molar-refractivity contribution in [3.8, 4) is 0 Å². The molecule has 0 bridgehead atoms. The van der Waals surface area contributed by atoms with E-state index >= 15 is 0 Å². The smallest absolute Gasteiger partial charge is 0.0354 e. The molecule has 0 heterocycles. The minimum Gasteiger partial charge on any atom is -0.0654 e. The van der Waals surface area contributed by atoms with Crippen LogP contribution in [0.3, 0.4) is 0 Å². The van der Waals surface area contributed by atoms with Crippen LogP contribution in [0.15, 0.2) is 0 Å². The molecule has 0 rings (SSSR count). The third kappa shape index (κ3) is 16.0. The maximum absolute atomic E-state index is 2.36. The molecule has 0 aromatic rings. The number of hydrogen-bond acceptors (Lipinski definition) is 0. The highest BCUT2D eigenvalue weighted by atomic mass is 14.2. The predicted octanol–water partition coefficient (Wildman–Crippen LogP) is 6.84. The lowest BCUT2D eigenvalue weighted by molar-refractivity contribution is 0.301.